The molecule has 3 rings (SSSR count). The number of hydrogen-bond donors (Lipinski definition) is 1. The van der Waals surface area contributed by atoms with Gasteiger partial charge in [0.2, 0.25) is 0 Å². The summed E-state index contributed by atoms with van der Waals surface area (Å²) in [6.07, 6.45) is 2.01. The maximum absolute atomic E-state index is 13.2. The number of amides is 1. The molecule has 1 heterocycles. The van der Waals surface area contributed by atoms with Gasteiger partial charge in [-0.05, 0) is 48.4 Å². The van der Waals surface area contributed by atoms with Gasteiger partial charge in [0.25, 0.3) is 5.91 Å². The maximum atomic E-state index is 13.2. The van der Waals surface area contributed by atoms with Gasteiger partial charge >= 0.3 is 5.97 Å². The Hall–Kier alpha value is -2.62. The van der Waals surface area contributed by atoms with E-state index in [9.17, 15) is 14.0 Å². The lowest BCUT2D eigenvalue weighted by atomic mass is 10.1. The Labute approximate surface area is 198 Å². The fraction of sp³-hybridized carbons (Fsp3) is 0.227. The molecule has 0 saturated carbocycles. The van der Waals surface area contributed by atoms with Gasteiger partial charge in [-0.1, -0.05) is 41.6 Å². The number of hydrogen-bond acceptors (Lipinski definition) is 6. The van der Waals surface area contributed by atoms with Gasteiger partial charge in [-0.15, -0.1) is 0 Å². The lowest BCUT2D eigenvalue weighted by Crippen LogP contribution is -2.29. The van der Waals surface area contributed by atoms with Crippen LogP contribution < -0.4 is 9.47 Å². The molecule has 0 aliphatic carbocycles. The van der Waals surface area contributed by atoms with Gasteiger partial charge in [0, 0.05) is 18.5 Å². The van der Waals surface area contributed by atoms with E-state index in [4.69, 9.17) is 38.4 Å². The molecule has 1 N–H and O–H groups in total. The van der Waals surface area contributed by atoms with Crippen LogP contribution in [-0.2, 0) is 16.2 Å². The highest BCUT2D eigenvalue weighted by molar-refractivity contribution is 8.26. The number of benzene rings is 2. The molecule has 10 heteroatoms. The van der Waals surface area contributed by atoms with Crippen LogP contribution in [0.15, 0.2) is 41.3 Å². The summed E-state index contributed by atoms with van der Waals surface area (Å²) in [6, 6.07) is 9.24. The van der Waals surface area contributed by atoms with Crippen LogP contribution in [0.3, 0.4) is 0 Å². The highest BCUT2D eigenvalue weighted by atomic mass is 35.5. The number of thioether (sulfide) groups is 1. The van der Waals surface area contributed by atoms with Crippen molar-refractivity contribution in [3.63, 3.8) is 0 Å². The van der Waals surface area contributed by atoms with E-state index in [2.05, 4.69) is 0 Å². The zero-order valence-electron chi connectivity index (χ0n) is 17.0. The molecule has 2 aromatic carbocycles. The van der Waals surface area contributed by atoms with Crippen LogP contribution in [0.1, 0.15) is 24.0 Å². The standard InChI is InChI=1S/C22H19ClFNO5S2/c1-29-17-6-4-13(9-14(17)12-30-18-7-5-15(24)11-16(18)23)10-19-21(28)25(22(31)32-19)8-2-3-20(26)27/h4-7,9-11H,2-3,8,12H2,1H3,(H,26,27)/b19-10-. The van der Waals surface area contributed by atoms with Gasteiger partial charge in [-0.25, -0.2) is 4.39 Å². The van der Waals surface area contributed by atoms with Gasteiger partial charge in [-0.3, -0.25) is 14.5 Å². The second kappa shape index (κ2) is 10.8. The number of halogens is 2. The van der Waals surface area contributed by atoms with Crippen LogP contribution in [0.4, 0.5) is 4.39 Å². The van der Waals surface area contributed by atoms with E-state index >= 15 is 0 Å². The first-order valence-electron chi connectivity index (χ1n) is 9.50. The van der Waals surface area contributed by atoms with Crippen molar-refractivity contribution in [2.45, 2.75) is 19.4 Å². The van der Waals surface area contributed by atoms with Gasteiger partial charge in [0.1, 0.15) is 28.2 Å². The average molecular weight is 496 g/mol. The van der Waals surface area contributed by atoms with Crippen molar-refractivity contribution in [2.24, 2.45) is 0 Å². The van der Waals surface area contributed by atoms with Crippen molar-refractivity contribution >= 4 is 57.9 Å². The number of methoxy groups -OCH3 is 1. The van der Waals surface area contributed by atoms with E-state index in [1.807, 2.05) is 6.07 Å². The second-order valence-corrected chi connectivity index (χ2v) is 8.85. The number of ether oxygens (including phenoxy) is 2. The zero-order valence-corrected chi connectivity index (χ0v) is 19.4. The molecule has 1 saturated heterocycles. The minimum Gasteiger partial charge on any atom is -0.496 e. The molecule has 6 nitrogen and oxygen atoms in total. The third-order valence-corrected chi connectivity index (χ3v) is 6.20. The Morgan fingerprint density at radius 2 is 2.03 bits per heavy atom. The number of carboxylic acids is 1. The number of carbonyl (C=O) groups is 2. The van der Waals surface area contributed by atoms with Crippen molar-refractivity contribution in [1.82, 2.24) is 4.90 Å². The first kappa shape index (κ1) is 24.0. The van der Waals surface area contributed by atoms with Gasteiger partial charge in [0.15, 0.2) is 0 Å². The molecule has 0 spiro atoms. The third-order valence-electron chi connectivity index (χ3n) is 4.53. The molecular formula is C22H19ClFNO5S2. The number of nitrogens with zero attached hydrogens (tertiary/aromatic N) is 1. The molecule has 32 heavy (non-hydrogen) atoms. The minimum absolute atomic E-state index is 0.0317. The Morgan fingerprint density at radius 1 is 1.28 bits per heavy atom. The molecule has 1 amide bonds. The van der Waals surface area contributed by atoms with Crippen LogP contribution in [0.5, 0.6) is 11.5 Å². The highest BCUT2D eigenvalue weighted by Gasteiger charge is 2.31. The molecule has 0 bridgehead atoms. The van der Waals surface area contributed by atoms with Crippen LogP contribution in [0, 0.1) is 5.82 Å². The van der Waals surface area contributed by atoms with E-state index in [-0.39, 0.29) is 30.5 Å². The summed E-state index contributed by atoms with van der Waals surface area (Å²) in [5.41, 5.74) is 1.44. The predicted molar refractivity (Wildman–Crippen MR) is 125 cm³/mol. The Bertz CT molecular complexity index is 1090. The topological polar surface area (TPSA) is 76.1 Å². The third kappa shape index (κ3) is 5.99. The van der Waals surface area contributed by atoms with Crippen molar-refractivity contribution in [3.8, 4) is 11.5 Å². The summed E-state index contributed by atoms with van der Waals surface area (Å²) < 4.78 is 24.7. The molecule has 1 fully saturated rings. The van der Waals surface area contributed by atoms with Crippen LogP contribution in [-0.4, -0.2) is 39.9 Å². The van der Waals surface area contributed by atoms with Crippen LogP contribution >= 0.6 is 35.6 Å². The maximum Gasteiger partial charge on any atom is 0.303 e. The lowest BCUT2D eigenvalue weighted by molar-refractivity contribution is -0.137. The minimum atomic E-state index is -0.916. The van der Waals surface area contributed by atoms with E-state index in [1.54, 1.807) is 18.2 Å². The highest BCUT2D eigenvalue weighted by Crippen LogP contribution is 2.34. The molecule has 2 aromatic rings. The van der Waals surface area contributed by atoms with Crippen molar-refractivity contribution < 1.29 is 28.6 Å². The summed E-state index contributed by atoms with van der Waals surface area (Å²) in [5, 5.41) is 8.94. The van der Waals surface area contributed by atoms with Crippen molar-refractivity contribution in [3.05, 3.63) is 63.3 Å². The summed E-state index contributed by atoms with van der Waals surface area (Å²) >= 11 is 12.5. The fourth-order valence-corrected chi connectivity index (χ4v) is 4.51. The Balaban J connectivity index is 1.75. The van der Waals surface area contributed by atoms with E-state index in [0.29, 0.717) is 32.7 Å². The number of carbonyl (C=O) groups excluding carboxylic acids is 1. The summed E-state index contributed by atoms with van der Waals surface area (Å²) in [6.45, 7) is 0.376. The monoisotopic (exact) mass is 495 g/mol. The van der Waals surface area contributed by atoms with Crippen molar-refractivity contribution in [2.75, 3.05) is 13.7 Å². The normalized spacial score (nSPS) is 14.8. The van der Waals surface area contributed by atoms with Gasteiger partial charge < -0.3 is 14.6 Å². The zero-order chi connectivity index (χ0) is 23.3. The molecule has 1 aliphatic heterocycles. The molecule has 0 radical (unpaired) electrons. The second-order valence-electron chi connectivity index (χ2n) is 6.77. The summed E-state index contributed by atoms with van der Waals surface area (Å²) in [7, 11) is 1.53. The van der Waals surface area contributed by atoms with Crippen LogP contribution in [0.2, 0.25) is 5.02 Å². The Kier molecular flexibility index (Phi) is 8.11. The fourth-order valence-electron chi connectivity index (χ4n) is 2.98. The van der Waals surface area contributed by atoms with Crippen molar-refractivity contribution in [1.29, 1.82) is 0 Å². The lowest BCUT2D eigenvalue weighted by Gasteiger charge is -2.13. The molecule has 0 aromatic heterocycles. The first-order chi connectivity index (χ1) is 15.3. The smallest absolute Gasteiger partial charge is 0.303 e. The van der Waals surface area contributed by atoms with Gasteiger partial charge in [-0.2, -0.15) is 0 Å². The average Bonchev–Trinajstić information content (AvgIpc) is 3.00. The number of aliphatic carboxylic acids is 1. The number of rotatable bonds is 9. The molecule has 1 aliphatic rings. The van der Waals surface area contributed by atoms with Crippen LogP contribution in [0.25, 0.3) is 6.08 Å². The molecular weight excluding hydrogens is 477 g/mol. The quantitative estimate of drug-likeness (QED) is 0.381. The SMILES string of the molecule is COc1ccc(/C=C2\SC(=S)N(CCCC(=O)O)C2=O)cc1COc1ccc(F)cc1Cl. The first-order valence-corrected chi connectivity index (χ1v) is 11.1. The van der Waals surface area contributed by atoms with E-state index < -0.39 is 11.8 Å². The largest absolute Gasteiger partial charge is 0.496 e. The predicted octanol–water partition coefficient (Wildman–Crippen LogP) is 5.13. The Morgan fingerprint density at radius 3 is 2.72 bits per heavy atom. The van der Waals surface area contributed by atoms with E-state index in [0.717, 1.165) is 5.56 Å². The summed E-state index contributed by atoms with van der Waals surface area (Å²) in [4.78, 5) is 25.3. The molecule has 0 unspecified atom stereocenters. The summed E-state index contributed by atoms with van der Waals surface area (Å²) in [5.74, 6) is -0.704. The molecule has 168 valence electrons. The van der Waals surface area contributed by atoms with E-state index in [1.165, 1.54) is 42.0 Å². The number of carboxylic acid groups (broad SMARTS) is 1. The van der Waals surface area contributed by atoms with Gasteiger partial charge in [0.05, 0.1) is 17.0 Å². The molecule has 0 atom stereocenters. The number of thiocarbonyl (C=S) groups is 1.